The Labute approximate surface area is 195 Å². The van der Waals surface area contributed by atoms with E-state index in [1.54, 1.807) is 24.1 Å². The Morgan fingerprint density at radius 2 is 1.76 bits per heavy atom. The topological polar surface area (TPSA) is 78.2 Å². The second kappa shape index (κ2) is 7.66. The Balaban J connectivity index is 1.51. The molecule has 7 heteroatoms. The minimum atomic E-state index is -0.597. The van der Waals surface area contributed by atoms with Crippen molar-refractivity contribution in [3.05, 3.63) is 98.9 Å². The zero-order chi connectivity index (χ0) is 23.4. The van der Waals surface area contributed by atoms with E-state index < -0.39 is 6.04 Å². The molecule has 34 heavy (non-hydrogen) atoms. The first-order chi connectivity index (χ1) is 16.5. The van der Waals surface area contributed by atoms with Crippen LogP contribution in [0.3, 0.4) is 0 Å². The van der Waals surface area contributed by atoms with Crippen molar-refractivity contribution in [3.8, 4) is 17.2 Å². The molecule has 170 valence electrons. The van der Waals surface area contributed by atoms with E-state index in [9.17, 15) is 9.59 Å². The van der Waals surface area contributed by atoms with E-state index in [4.69, 9.17) is 18.6 Å². The van der Waals surface area contributed by atoms with Gasteiger partial charge in [-0.05, 0) is 54.4 Å². The number of benzene rings is 3. The minimum Gasteiger partial charge on any atom is -0.497 e. The molecule has 0 fully saturated rings. The van der Waals surface area contributed by atoms with Gasteiger partial charge in [-0.15, -0.1) is 0 Å². The summed E-state index contributed by atoms with van der Waals surface area (Å²) in [5.41, 5.74) is 3.17. The van der Waals surface area contributed by atoms with Crippen molar-refractivity contribution in [1.82, 2.24) is 4.90 Å². The molecule has 0 unspecified atom stereocenters. The Hall–Kier alpha value is -4.26. The van der Waals surface area contributed by atoms with Gasteiger partial charge in [0.2, 0.25) is 12.6 Å². The molecule has 0 bridgehead atoms. The van der Waals surface area contributed by atoms with Crippen LogP contribution in [0, 0.1) is 6.92 Å². The molecule has 0 N–H and O–H groups in total. The zero-order valence-corrected chi connectivity index (χ0v) is 18.7. The summed E-state index contributed by atoms with van der Waals surface area (Å²) in [5.74, 6) is 1.76. The van der Waals surface area contributed by atoms with E-state index in [1.165, 1.54) is 0 Å². The minimum absolute atomic E-state index is 0.0860. The molecule has 2 aliphatic rings. The Morgan fingerprint density at radius 1 is 0.971 bits per heavy atom. The van der Waals surface area contributed by atoms with Crippen molar-refractivity contribution in [2.24, 2.45) is 0 Å². The summed E-state index contributed by atoms with van der Waals surface area (Å²) < 4.78 is 22.2. The summed E-state index contributed by atoms with van der Waals surface area (Å²) in [6.07, 6.45) is 0. The van der Waals surface area contributed by atoms with Crippen LogP contribution in [-0.4, -0.2) is 24.7 Å². The molecule has 1 atom stereocenters. The molecule has 0 saturated carbocycles. The standard InChI is InChI=1S/C27H21NO6/c1-15-3-9-20-19(11-15)25(29)23-24(17-5-7-18(31-2)8-6-17)28(27(30)26(23)34-20)13-16-4-10-21-22(12-16)33-14-32-21/h3-12,24H,13-14H2,1-2H3/t24-/m1/s1. The van der Waals surface area contributed by atoms with Gasteiger partial charge in [0.1, 0.15) is 11.3 Å². The maximum absolute atomic E-state index is 13.7. The molecular weight excluding hydrogens is 434 g/mol. The first-order valence-corrected chi connectivity index (χ1v) is 10.9. The van der Waals surface area contributed by atoms with Crippen LogP contribution in [0.2, 0.25) is 0 Å². The van der Waals surface area contributed by atoms with Crippen LogP contribution in [-0.2, 0) is 6.54 Å². The van der Waals surface area contributed by atoms with E-state index in [0.717, 1.165) is 16.7 Å². The van der Waals surface area contributed by atoms with Crippen molar-refractivity contribution >= 4 is 16.9 Å². The van der Waals surface area contributed by atoms with Gasteiger partial charge in [-0.2, -0.15) is 0 Å². The number of amides is 1. The van der Waals surface area contributed by atoms with E-state index in [-0.39, 0.29) is 30.4 Å². The third kappa shape index (κ3) is 3.12. The molecule has 3 aromatic carbocycles. The highest BCUT2D eigenvalue weighted by atomic mass is 16.7. The maximum atomic E-state index is 13.7. The molecule has 4 aromatic rings. The monoisotopic (exact) mass is 455 g/mol. The third-order valence-corrected chi connectivity index (χ3v) is 6.34. The maximum Gasteiger partial charge on any atom is 0.291 e. The normalized spacial score (nSPS) is 16.2. The van der Waals surface area contributed by atoms with Crippen molar-refractivity contribution < 1.29 is 23.4 Å². The molecular formula is C27H21NO6. The van der Waals surface area contributed by atoms with Crippen LogP contribution >= 0.6 is 0 Å². The average molecular weight is 455 g/mol. The van der Waals surface area contributed by atoms with Gasteiger partial charge in [0.15, 0.2) is 16.9 Å². The molecule has 1 aromatic heterocycles. The highest BCUT2D eigenvalue weighted by Gasteiger charge is 2.42. The predicted molar refractivity (Wildman–Crippen MR) is 124 cm³/mol. The van der Waals surface area contributed by atoms with E-state index in [2.05, 4.69) is 0 Å². The third-order valence-electron chi connectivity index (χ3n) is 6.34. The number of fused-ring (bicyclic) bond motifs is 3. The molecule has 0 radical (unpaired) electrons. The zero-order valence-electron chi connectivity index (χ0n) is 18.7. The smallest absolute Gasteiger partial charge is 0.291 e. The number of ether oxygens (including phenoxy) is 3. The Kier molecular flexibility index (Phi) is 4.58. The van der Waals surface area contributed by atoms with Crippen LogP contribution in [0.5, 0.6) is 17.2 Å². The van der Waals surface area contributed by atoms with Gasteiger partial charge in [-0.1, -0.05) is 29.8 Å². The lowest BCUT2D eigenvalue weighted by molar-refractivity contribution is 0.0714. The SMILES string of the molecule is COc1ccc([C@@H]2c3c(oc4ccc(C)cc4c3=O)C(=O)N2Cc2ccc3c(c2)OCO3)cc1. The Morgan fingerprint density at radius 3 is 2.56 bits per heavy atom. The fraction of sp³-hybridized carbons (Fsp3) is 0.185. The Bertz CT molecular complexity index is 1500. The largest absolute Gasteiger partial charge is 0.497 e. The summed E-state index contributed by atoms with van der Waals surface area (Å²) in [6.45, 7) is 2.36. The van der Waals surface area contributed by atoms with Crippen molar-refractivity contribution in [2.75, 3.05) is 13.9 Å². The van der Waals surface area contributed by atoms with Crippen LogP contribution in [0.15, 0.2) is 69.9 Å². The molecule has 0 aliphatic carbocycles. The van der Waals surface area contributed by atoms with Gasteiger partial charge in [0.05, 0.1) is 24.1 Å². The first-order valence-electron chi connectivity index (χ1n) is 10.9. The summed E-state index contributed by atoms with van der Waals surface area (Å²) in [4.78, 5) is 29.0. The number of carbonyl (C=O) groups excluding carboxylic acids is 1. The fourth-order valence-electron chi connectivity index (χ4n) is 4.67. The lowest BCUT2D eigenvalue weighted by Gasteiger charge is -2.25. The summed E-state index contributed by atoms with van der Waals surface area (Å²) in [5, 5.41) is 0.468. The summed E-state index contributed by atoms with van der Waals surface area (Å²) >= 11 is 0. The van der Waals surface area contributed by atoms with Gasteiger partial charge >= 0.3 is 0 Å². The molecule has 6 rings (SSSR count). The van der Waals surface area contributed by atoms with Crippen LogP contribution in [0.25, 0.3) is 11.0 Å². The van der Waals surface area contributed by atoms with Gasteiger partial charge in [-0.3, -0.25) is 9.59 Å². The molecule has 2 aliphatic heterocycles. The number of rotatable bonds is 4. The van der Waals surface area contributed by atoms with E-state index in [1.807, 2.05) is 55.5 Å². The van der Waals surface area contributed by atoms with Crippen LogP contribution in [0.4, 0.5) is 0 Å². The van der Waals surface area contributed by atoms with Crippen molar-refractivity contribution in [3.63, 3.8) is 0 Å². The number of methoxy groups -OCH3 is 1. The lowest BCUT2D eigenvalue weighted by Crippen LogP contribution is -2.29. The fourth-order valence-corrected chi connectivity index (χ4v) is 4.67. The van der Waals surface area contributed by atoms with E-state index >= 15 is 0 Å². The highest BCUT2D eigenvalue weighted by molar-refractivity contribution is 5.99. The van der Waals surface area contributed by atoms with Gasteiger partial charge in [0, 0.05) is 6.54 Å². The van der Waals surface area contributed by atoms with Crippen LogP contribution in [0.1, 0.15) is 38.9 Å². The molecule has 7 nitrogen and oxygen atoms in total. The number of hydrogen-bond acceptors (Lipinski definition) is 6. The molecule has 0 spiro atoms. The molecule has 1 amide bonds. The summed E-state index contributed by atoms with van der Waals surface area (Å²) in [6, 6.07) is 17.8. The molecule has 0 saturated heterocycles. The van der Waals surface area contributed by atoms with E-state index in [0.29, 0.717) is 33.8 Å². The average Bonchev–Trinajstić information content (AvgIpc) is 3.43. The van der Waals surface area contributed by atoms with Crippen LogP contribution < -0.4 is 19.6 Å². The predicted octanol–water partition coefficient (Wildman–Crippen LogP) is 4.58. The highest BCUT2D eigenvalue weighted by Crippen LogP contribution is 2.40. The second-order valence-corrected chi connectivity index (χ2v) is 8.47. The second-order valence-electron chi connectivity index (χ2n) is 8.47. The summed E-state index contributed by atoms with van der Waals surface area (Å²) in [7, 11) is 1.60. The van der Waals surface area contributed by atoms with Crippen molar-refractivity contribution in [1.29, 1.82) is 0 Å². The van der Waals surface area contributed by atoms with Crippen molar-refractivity contribution in [2.45, 2.75) is 19.5 Å². The quantitative estimate of drug-likeness (QED) is 0.448. The number of carbonyl (C=O) groups is 1. The lowest BCUT2D eigenvalue weighted by atomic mass is 9.98. The van der Waals surface area contributed by atoms with Gasteiger partial charge in [-0.25, -0.2) is 0 Å². The number of hydrogen-bond donors (Lipinski definition) is 0. The number of aryl methyl sites for hydroxylation is 1. The molecule has 3 heterocycles. The number of nitrogens with zero attached hydrogens (tertiary/aromatic N) is 1. The van der Waals surface area contributed by atoms with Gasteiger partial charge in [0.25, 0.3) is 5.91 Å². The van der Waals surface area contributed by atoms with Gasteiger partial charge < -0.3 is 23.5 Å². The first kappa shape index (κ1) is 20.4.